The van der Waals surface area contributed by atoms with Crippen LogP contribution in [0.1, 0.15) is 30.8 Å². The van der Waals surface area contributed by atoms with Gasteiger partial charge in [-0.05, 0) is 13.0 Å². The molecule has 0 amide bonds. The van der Waals surface area contributed by atoms with Gasteiger partial charge in [0.25, 0.3) is 0 Å². The topological polar surface area (TPSA) is 34.9 Å². The third kappa shape index (κ3) is 1.67. The molecule has 3 nitrogen and oxygen atoms in total. The van der Waals surface area contributed by atoms with Gasteiger partial charge in [0.05, 0.1) is 0 Å². The fourth-order valence-electron chi connectivity index (χ4n) is 0.868. The average molecular weight is 152 g/mol. The first-order valence-electron chi connectivity index (χ1n) is 3.84. The monoisotopic (exact) mass is 152 g/mol. The van der Waals surface area contributed by atoms with Gasteiger partial charge in [0.1, 0.15) is 5.69 Å². The zero-order valence-corrected chi connectivity index (χ0v) is 6.87. The molecule has 0 atom stereocenters. The smallest absolute Gasteiger partial charge is 0.182 e. The Morgan fingerprint density at radius 3 is 2.82 bits per heavy atom. The highest BCUT2D eigenvalue weighted by molar-refractivity contribution is 5.93. The van der Waals surface area contributed by atoms with E-state index in [1.54, 1.807) is 10.7 Å². The Bertz CT molecular complexity index is 252. The van der Waals surface area contributed by atoms with E-state index >= 15 is 0 Å². The zero-order chi connectivity index (χ0) is 8.27. The van der Waals surface area contributed by atoms with Gasteiger partial charge in [0.2, 0.25) is 0 Å². The molecule has 0 fully saturated rings. The number of hydrogen-bond donors (Lipinski definition) is 0. The van der Waals surface area contributed by atoms with Gasteiger partial charge in [0.15, 0.2) is 5.78 Å². The van der Waals surface area contributed by atoms with Gasteiger partial charge in [-0.3, -0.25) is 9.48 Å². The molecule has 0 aliphatic heterocycles. The molecular formula is C8H12N2O. The molecule has 11 heavy (non-hydrogen) atoms. The third-order valence-electron chi connectivity index (χ3n) is 1.57. The highest BCUT2D eigenvalue weighted by Crippen LogP contribution is 1.99. The van der Waals surface area contributed by atoms with E-state index in [9.17, 15) is 4.79 Å². The molecule has 0 aliphatic carbocycles. The number of carbonyl (C=O) groups excluding carboxylic acids is 1. The second kappa shape index (κ2) is 3.32. The highest BCUT2D eigenvalue weighted by Gasteiger charge is 2.04. The Labute approximate surface area is 66.0 Å². The molecule has 1 heterocycles. The second-order valence-electron chi connectivity index (χ2n) is 2.33. The zero-order valence-electron chi connectivity index (χ0n) is 6.87. The van der Waals surface area contributed by atoms with Crippen molar-refractivity contribution in [3.05, 3.63) is 18.0 Å². The van der Waals surface area contributed by atoms with Crippen LogP contribution < -0.4 is 0 Å². The van der Waals surface area contributed by atoms with Crippen LogP contribution in [0, 0.1) is 0 Å². The van der Waals surface area contributed by atoms with Crippen molar-refractivity contribution in [2.75, 3.05) is 0 Å². The summed E-state index contributed by atoms with van der Waals surface area (Å²) in [6.07, 6.45) is 2.35. The normalized spacial score (nSPS) is 10.0. The maximum Gasteiger partial charge on any atom is 0.182 e. The fraction of sp³-hybridized carbons (Fsp3) is 0.500. The molecule has 1 rings (SSSR count). The van der Waals surface area contributed by atoms with Gasteiger partial charge in [-0.25, -0.2) is 0 Å². The Balaban J connectivity index is 2.80. The van der Waals surface area contributed by atoms with Crippen molar-refractivity contribution in [3.8, 4) is 0 Å². The first-order chi connectivity index (χ1) is 5.27. The molecule has 0 radical (unpaired) electrons. The summed E-state index contributed by atoms with van der Waals surface area (Å²) < 4.78 is 1.75. The van der Waals surface area contributed by atoms with Gasteiger partial charge in [0, 0.05) is 19.2 Å². The molecule has 0 N–H and O–H groups in total. The maximum absolute atomic E-state index is 11.1. The summed E-state index contributed by atoms with van der Waals surface area (Å²) in [4.78, 5) is 11.1. The number of ketones is 1. The maximum atomic E-state index is 11.1. The van der Waals surface area contributed by atoms with E-state index in [1.807, 2.05) is 20.0 Å². The van der Waals surface area contributed by atoms with Gasteiger partial charge < -0.3 is 0 Å². The Kier molecular flexibility index (Phi) is 2.41. The molecule has 0 aliphatic rings. The summed E-state index contributed by atoms with van der Waals surface area (Å²) in [5.74, 6) is 0.109. The van der Waals surface area contributed by atoms with E-state index in [1.165, 1.54) is 0 Å². The first-order valence-corrected chi connectivity index (χ1v) is 3.84. The second-order valence-corrected chi connectivity index (χ2v) is 2.33. The van der Waals surface area contributed by atoms with Gasteiger partial charge in [-0.15, -0.1) is 0 Å². The molecule has 1 aromatic rings. The lowest BCUT2D eigenvalue weighted by atomic mass is 10.2. The van der Waals surface area contributed by atoms with Crippen LogP contribution in [0.2, 0.25) is 0 Å². The molecule has 60 valence electrons. The summed E-state index contributed by atoms with van der Waals surface area (Å²) >= 11 is 0. The number of nitrogens with zero attached hydrogens (tertiary/aromatic N) is 2. The van der Waals surface area contributed by atoms with E-state index in [-0.39, 0.29) is 5.78 Å². The Morgan fingerprint density at radius 2 is 2.36 bits per heavy atom. The average Bonchev–Trinajstić information content (AvgIpc) is 2.50. The van der Waals surface area contributed by atoms with E-state index in [2.05, 4.69) is 5.10 Å². The predicted octanol–water partition coefficient (Wildman–Crippen LogP) is 1.50. The van der Waals surface area contributed by atoms with Crippen molar-refractivity contribution >= 4 is 5.78 Å². The lowest BCUT2D eigenvalue weighted by Gasteiger charge is -1.91. The Morgan fingerprint density at radius 1 is 1.64 bits per heavy atom. The number of hydrogen-bond acceptors (Lipinski definition) is 2. The quantitative estimate of drug-likeness (QED) is 0.615. The minimum absolute atomic E-state index is 0.109. The fourth-order valence-corrected chi connectivity index (χ4v) is 0.868. The van der Waals surface area contributed by atoms with Crippen LogP contribution in [0.3, 0.4) is 0 Å². The van der Waals surface area contributed by atoms with Crippen LogP contribution >= 0.6 is 0 Å². The summed E-state index contributed by atoms with van der Waals surface area (Å²) in [7, 11) is 0. The number of aryl methyl sites for hydroxylation is 1. The van der Waals surface area contributed by atoms with Gasteiger partial charge >= 0.3 is 0 Å². The van der Waals surface area contributed by atoms with E-state index < -0.39 is 0 Å². The molecule has 0 unspecified atom stereocenters. The van der Waals surface area contributed by atoms with E-state index in [0.717, 1.165) is 6.54 Å². The van der Waals surface area contributed by atoms with Crippen molar-refractivity contribution < 1.29 is 4.79 Å². The molecule has 0 bridgehead atoms. The minimum atomic E-state index is 0.109. The Hall–Kier alpha value is -1.12. The number of rotatable bonds is 3. The first kappa shape index (κ1) is 7.98. The SMILES string of the molecule is CCC(=O)c1ccn(CC)n1. The van der Waals surface area contributed by atoms with Crippen LogP contribution in [0.15, 0.2) is 12.3 Å². The predicted molar refractivity (Wildman–Crippen MR) is 42.5 cm³/mol. The minimum Gasteiger partial charge on any atom is -0.292 e. The third-order valence-corrected chi connectivity index (χ3v) is 1.57. The van der Waals surface area contributed by atoms with Gasteiger partial charge in [-0.1, -0.05) is 6.92 Å². The number of aromatic nitrogens is 2. The van der Waals surface area contributed by atoms with Crippen molar-refractivity contribution in [1.82, 2.24) is 9.78 Å². The summed E-state index contributed by atoms with van der Waals surface area (Å²) in [6, 6.07) is 1.76. The van der Waals surface area contributed by atoms with E-state index in [4.69, 9.17) is 0 Å². The summed E-state index contributed by atoms with van der Waals surface area (Å²) in [5, 5.41) is 4.07. The lowest BCUT2D eigenvalue weighted by Crippen LogP contribution is -2.00. The van der Waals surface area contributed by atoms with Gasteiger partial charge in [-0.2, -0.15) is 5.10 Å². The van der Waals surface area contributed by atoms with Crippen LogP contribution in [0.4, 0.5) is 0 Å². The molecule has 0 saturated carbocycles. The molecule has 1 aromatic heterocycles. The molecule has 3 heteroatoms. The molecule has 0 spiro atoms. The van der Waals surface area contributed by atoms with Crippen LogP contribution in [-0.4, -0.2) is 15.6 Å². The summed E-state index contributed by atoms with van der Waals surface area (Å²) in [6.45, 7) is 4.65. The molecule has 0 aromatic carbocycles. The van der Waals surface area contributed by atoms with Crippen LogP contribution in [-0.2, 0) is 6.54 Å². The van der Waals surface area contributed by atoms with Crippen molar-refractivity contribution in [3.63, 3.8) is 0 Å². The van der Waals surface area contributed by atoms with Crippen LogP contribution in [0.5, 0.6) is 0 Å². The largest absolute Gasteiger partial charge is 0.292 e. The van der Waals surface area contributed by atoms with E-state index in [0.29, 0.717) is 12.1 Å². The van der Waals surface area contributed by atoms with Crippen LogP contribution in [0.25, 0.3) is 0 Å². The molecular weight excluding hydrogens is 140 g/mol. The molecule has 0 saturated heterocycles. The standard InChI is InChI=1S/C8H12N2O/c1-3-8(11)7-5-6-10(4-2)9-7/h5-6H,3-4H2,1-2H3. The van der Waals surface area contributed by atoms with Crippen molar-refractivity contribution in [2.45, 2.75) is 26.8 Å². The van der Waals surface area contributed by atoms with Crippen molar-refractivity contribution in [2.24, 2.45) is 0 Å². The number of Topliss-reactive ketones (excluding diaryl/α,β-unsaturated/α-hetero) is 1. The summed E-state index contributed by atoms with van der Waals surface area (Å²) in [5.41, 5.74) is 0.578. The van der Waals surface area contributed by atoms with Crippen molar-refractivity contribution in [1.29, 1.82) is 0 Å². The highest BCUT2D eigenvalue weighted by atomic mass is 16.1. The lowest BCUT2D eigenvalue weighted by molar-refractivity contribution is 0.0982. The number of carbonyl (C=O) groups is 1.